The standard InChI is InChI=1S/C16H23N3/c1-11(2)13-14(12-9-7-6-8-10-12)18-19(15(13)17)16(3,4)5/h6-11H,17H2,1-5H3. The van der Waals surface area contributed by atoms with Crippen molar-refractivity contribution in [3.05, 3.63) is 35.9 Å². The van der Waals surface area contributed by atoms with E-state index in [0.29, 0.717) is 5.92 Å². The van der Waals surface area contributed by atoms with Gasteiger partial charge in [-0.3, -0.25) is 0 Å². The van der Waals surface area contributed by atoms with E-state index in [9.17, 15) is 0 Å². The first-order valence-electron chi connectivity index (χ1n) is 6.76. The van der Waals surface area contributed by atoms with Crippen molar-refractivity contribution in [2.24, 2.45) is 0 Å². The first-order chi connectivity index (χ1) is 8.82. The minimum absolute atomic E-state index is 0.110. The van der Waals surface area contributed by atoms with Crippen LogP contribution in [0.4, 0.5) is 5.82 Å². The van der Waals surface area contributed by atoms with Crippen molar-refractivity contribution < 1.29 is 0 Å². The zero-order valence-electron chi connectivity index (χ0n) is 12.4. The van der Waals surface area contributed by atoms with Gasteiger partial charge in [-0.25, -0.2) is 4.68 Å². The molecule has 0 amide bonds. The largest absolute Gasteiger partial charge is 0.384 e. The van der Waals surface area contributed by atoms with Crippen LogP contribution in [0.15, 0.2) is 30.3 Å². The number of hydrogen-bond donors (Lipinski definition) is 1. The van der Waals surface area contributed by atoms with Crippen molar-refractivity contribution in [2.75, 3.05) is 5.73 Å². The second-order valence-corrected chi connectivity index (χ2v) is 6.25. The van der Waals surface area contributed by atoms with Crippen molar-refractivity contribution in [1.82, 2.24) is 9.78 Å². The Balaban J connectivity index is 2.68. The molecule has 0 aliphatic rings. The van der Waals surface area contributed by atoms with Crippen LogP contribution in [0.2, 0.25) is 0 Å². The number of nitrogens with two attached hydrogens (primary N) is 1. The molecule has 1 aromatic carbocycles. The normalized spacial score (nSPS) is 12.1. The van der Waals surface area contributed by atoms with Crippen LogP contribution < -0.4 is 5.73 Å². The maximum absolute atomic E-state index is 6.33. The Morgan fingerprint density at radius 2 is 1.68 bits per heavy atom. The Morgan fingerprint density at radius 3 is 2.16 bits per heavy atom. The van der Waals surface area contributed by atoms with Gasteiger partial charge in [0.2, 0.25) is 0 Å². The number of rotatable bonds is 2. The Kier molecular flexibility index (Phi) is 3.40. The van der Waals surface area contributed by atoms with E-state index < -0.39 is 0 Å². The topological polar surface area (TPSA) is 43.8 Å². The monoisotopic (exact) mass is 257 g/mol. The van der Waals surface area contributed by atoms with Crippen LogP contribution in [0.25, 0.3) is 11.3 Å². The molecule has 0 fully saturated rings. The number of benzene rings is 1. The van der Waals surface area contributed by atoms with Gasteiger partial charge in [0.25, 0.3) is 0 Å². The molecule has 0 saturated heterocycles. The van der Waals surface area contributed by atoms with Crippen LogP contribution in [0.5, 0.6) is 0 Å². The molecule has 0 saturated carbocycles. The van der Waals surface area contributed by atoms with E-state index in [1.54, 1.807) is 0 Å². The van der Waals surface area contributed by atoms with Gasteiger partial charge in [0.1, 0.15) is 5.82 Å². The highest BCUT2D eigenvalue weighted by atomic mass is 15.3. The van der Waals surface area contributed by atoms with Crippen molar-refractivity contribution in [2.45, 2.75) is 46.1 Å². The van der Waals surface area contributed by atoms with E-state index in [4.69, 9.17) is 10.8 Å². The molecule has 3 heteroatoms. The van der Waals surface area contributed by atoms with E-state index in [1.165, 1.54) is 0 Å². The Bertz CT molecular complexity index is 560. The summed E-state index contributed by atoms with van der Waals surface area (Å²) in [6.07, 6.45) is 0. The van der Waals surface area contributed by atoms with Gasteiger partial charge in [-0.2, -0.15) is 5.10 Å². The first-order valence-corrected chi connectivity index (χ1v) is 6.76. The molecule has 0 bridgehead atoms. The molecule has 102 valence electrons. The molecule has 2 aromatic rings. The van der Waals surface area contributed by atoms with E-state index in [-0.39, 0.29) is 5.54 Å². The van der Waals surface area contributed by atoms with Gasteiger partial charge in [-0.15, -0.1) is 0 Å². The fraction of sp³-hybridized carbons (Fsp3) is 0.438. The van der Waals surface area contributed by atoms with E-state index >= 15 is 0 Å². The lowest BCUT2D eigenvalue weighted by molar-refractivity contribution is 0.362. The molecule has 2 rings (SSSR count). The predicted molar refractivity (Wildman–Crippen MR) is 81.2 cm³/mol. The highest BCUT2D eigenvalue weighted by Gasteiger charge is 2.25. The Hall–Kier alpha value is -1.77. The maximum Gasteiger partial charge on any atom is 0.126 e. The first kappa shape index (κ1) is 13.7. The number of nitrogens with zero attached hydrogens (tertiary/aromatic N) is 2. The molecule has 0 aliphatic heterocycles. The molecule has 0 aliphatic carbocycles. The minimum atomic E-state index is -0.110. The summed E-state index contributed by atoms with van der Waals surface area (Å²) in [7, 11) is 0. The van der Waals surface area contributed by atoms with E-state index in [0.717, 1.165) is 22.6 Å². The molecule has 0 unspecified atom stereocenters. The van der Waals surface area contributed by atoms with Crippen molar-refractivity contribution in [3.8, 4) is 11.3 Å². The Labute approximate surface area is 115 Å². The molecular formula is C16H23N3. The van der Waals surface area contributed by atoms with Gasteiger partial charge in [0.05, 0.1) is 11.2 Å². The zero-order valence-corrected chi connectivity index (χ0v) is 12.4. The summed E-state index contributed by atoms with van der Waals surface area (Å²) in [6, 6.07) is 10.3. The van der Waals surface area contributed by atoms with Crippen LogP contribution in [0.3, 0.4) is 0 Å². The Morgan fingerprint density at radius 1 is 1.11 bits per heavy atom. The molecular weight excluding hydrogens is 234 g/mol. The summed E-state index contributed by atoms with van der Waals surface area (Å²) in [5.41, 5.74) is 9.49. The third-order valence-corrected chi connectivity index (χ3v) is 3.22. The smallest absolute Gasteiger partial charge is 0.126 e. The van der Waals surface area contributed by atoms with Crippen molar-refractivity contribution in [1.29, 1.82) is 0 Å². The fourth-order valence-corrected chi connectivity index (χ4v) is 2.33. The summed E-state index contributed by atoms with van der Waals surface area (Å²) in [5, 5.41) is 4.76. The molecule has 0 spiro atoms. The highest BCUT2D eigenvalue weighted by Crippen LogP contribution is 2.35. The SMILES string of the molecule is CC(C)c1c(-c2ccccc2)nn(C(C)(C)C)c1N. The van der Waals surface area contributed by atoms with Crippen LogP contribution >= 0.6 is 0 Å². The lowest BCUT2D eigenvalue weighted by atomic mass is 9.98. The highest BCUT2D eigenvalue weighted by molar-refractivity contribution is 5.69. The van der Waals surface area contributed by atoms with Crippen LogP contribution in [0, 0.1) is 0 Å². The average Bonchev–Trinajstić information content (AvgIpc) is 2.68. The lowest BCUT2D eigenvalue weighted by Crippen LogP contribution is -2.25. The fourth-order valence-electron chi connectivity index (χ4n) is 2.33. The third-order valence-electron chi connectivity index (χ3n) is 3.22. The predicted octanol–water partition coefficient (Wildman–Crippen LogP) is 4.01. The molecule has 0 atom stereocenters. The second-order valence-electron chi connectivity index (χ2n) is 6.25. The van der Waals surface area contributed by atoms with Gasteiger partial charge >= 0.3 is 0 Å². The number of hydrogen-bond acceptors (Lipinski definition) is 2. The quantitative estimate of drug-likeness (QED) is 0.883. The molecule has 0 radical (unpaired) electrons. The van der Waals surface area contributed by atoms with Gasteiger partial charge in [0.15, 0.2) is 0 Å². The zero-order chi connectivity index (χ0) is 14.2. The number of anilines is 1. The van der Waals surface area contributed by atoms with Gasteiger partial charge in [-0.05, 0) is 26.7 Å². The van der Waals surface area contributed by atoms with Gasteiger partial charge < -0.3 is 5.73 Å². The van der Waals surface area contributed by atoms with Gasteiger partial charge in [-0.1, -0.05) is 44.2 Å². The summed E-state index contributed by atoms with van der Waals surface area (Å²) in [6.45, 7) is 10.7. The van der Waals surface area contributed by atoms with Crippen LogP contribution in [-0.4, -0.2) is 9.78 Å². The lowest BCUT2D eigenvalue weighted by Gasteiger charge is -2.21. The molecule has 1 heterocycles. The van der Waals surface area contributed by atoms with E-state index in [2.05, 4.69) is 46.8 Å². The van der Waals surface area contributed by atoms with Crippen LogP contribution in [0.1, 0.15) is 46.1 Å². The van der Waals surface area contributed by atoms with Crippen LogP contribution in [-0.2, 0) is 5.54 Å². The van der Waals surface area contributed by atoms with E-state index in [1.807, 2.05) is 22.9 Å². The summed E-state index contributed by atoms with van der Waals surface area (Å²) in [5.74, 6) is 1.13. The van der Waals surface area contributed by atoms with Crippen molar-refractivity contribution in [3.63, 3.8) is 0 Å². The summed E-state index contributed by atoms with van der Waals surface area (Å²) >= 11 is 0. The third kappa shape index (κ3) is 2.50. The molecule has 2 N–H and O–H groups in total. The molecule has 3 nitrogen and oxygen atoms in total. The number of aromatic nitrogens is 2. The van der Waals surface area contributed by atoms with Crippen molar-refractivity contribution >= 4 is 5.82 Å². The average molecular weight is 257 g/mol. The molecule has 1 aromatic heterocycles. The summed E-state index contributed by atoms with van der Waals surface area (Å²) in [4.78, 5) is 0. The maximum atomic E-state index is 6.33. The molecule has 19 heavy (non-hydrogen) atoms. The second kappa shape index (κ2) is 4.72. The number of nitrogen functional groups attached to an aromatic ring is 1. The van der Waals surface area contributed by atoms with Gasteiger partial charge in [0, 0.05) is 11.1 Å². The minimum Gasteiger partial charge on any atom is -0.384 e. The summed E-state index contributed by atoms with van der Waals surface area (Å²) < 4.78 is 1.94.